The highest BCUT2D eigenvalue weighted by Gasteiger charge is 2.16. The summed E-state index contributed by atoms with van der Waals surface area (Å²) >= 11 is 0. The SMILES string of the molecule is CN(C)CCc1nc(-c2cc(C(=N)/C=C/c3ccc(F)cc3)c(N)cc2F)n[nH]1. The van der Waals surface area contributed by atoms with Crippen molar-refractivity contribution >= 4 is 17.5 Å². The first-order chi connectivity index (χ1) is 13.8. The first-order valence-electron chi connectivity index (χ1n) is 9.01. The van der Waals surface area contributed by atoms with Gasteiger partial charge in [-0.05, 0) is 50.0 Å². The maximum atomic E-state index is 14.5. The maximum absolute atomic E-state index is 14.5. The summed E-state index contributed by atoms with van der Waals surface area (Å²) in [5.74, 6) is -0.0218. The number of anilines is 1. The second-order valence-corrected chi connectivity index (χ2v) is 6.88. The van der Waals surface area contributed by atoms with Gasteiger partial charge in [-0.2, -0.15) is 5.10 Å². The van der Waals surface area contributed by atoms with E-state index >= 15 is 0 Å². The Kier molecular flexibility index (Phi) is 6.13. The molecular weight excluding hydrogens is 374 g/mol. The molecule has 0 bridgehead atoms. The van der Waals surface area contributed by atoms with Crippen LogP contribution in [0.4, 0.5) is 14.5 Å². The number of hydrogen-bond acceptors (Lipinski definition) is 5. The molecule has 0 unspecified atom stereocenters. The van der Waals surface area contributed by atoms with Gasteiger partial charge in [-0.3, -0.25) is 5.10 Å². The van der Waals surface area contributed by atoms with Crippen molar-refractivity contribution in [3.63, 3.8) is 0 Å². The molecule has 0 atom stereocenters. The Bertz CT molecular complexity index is 1040. The fraction of sp³-hybridized carbons (Fsp3) is 0.190. The largest absolute Gasteiger partial charge is 0.398 e. The minimum Gasteiger partial charge on any atom is -0.398 e. The molecule has 0 aliphatic heterocycles. The van der Waals surface area contributed by atoms with Gasteiger partial charge in [0.15, 0.2) is 5.82 Å². The fourth-order valence-corrected chi connectivity index (χ4v) is 2.69. The van der Waals surface area contributed by atoms with E-state index < -0.39 is 5.82 Å². The quantitative estimate of drug-likeness (QED) is 0.421. The number of likely N-dealkylation sites (N-methyl/N-ethyl adjacent to an activating group) is 1. The molecule has 3 rings (SSSR count). The third-order valence-electron chi connectivity index (χ3n) is 4.31. The van der Waals surface area contributed by atoms with Crippen LogP contribution in [-0.4, -0.2) is 46.4 Å². The number of benzene rings is 2. The van der Waals surface area contributed by atoms with Crippen LogP contribution in [0.5, 0.6) is 0 Å². The summed E-state index contributed by atoms with van der Waals surface area (Å²) in [5, 5.41) is 15.2. The fourth-order valence-electron chi connectivity index (χ4n) is 2.69. The Labute approximate surface area is 167 Å². The van der Waals surface area contributed by atoms with E-state index in [0.717, 1.165) is 12.1 Å². The number of aromatic nitrogens is 3. The molecule has 2 aromatic carbocycles. The molecule has 29 heavy (non-hydrogen) atoms. The highest BCUT2D eigenvalue weighted by molar-refractivity contribution is 6.12. The van der Waals surface area contributed by atoms with E-state index in [-0.39, 0.29) is 28.6 Å². The third-order valence-corrected chi connectivity index (χ3v) is 4.31. The Morgan fingerprint density at radius 2 is 1.93 bits per heavy atom. The molecule has 6 nitrogen and oxygen atoms in total. The summed E-state index contributed by atoms with van der Waals surface area (Å²) in [5.41, 5.74) is 7.42. The molecule has 8 heteroatoms. The first-order valence-corrected chi connectivity index (χ1v) is 9.01. The second kappa shape index (κ2) is 8.74. The number of hydrogen-bond donors (Lipinski definition) is 3. The van der Waals surface area contributed by atoms with Gasteiger partial charge in [0, 0.05) is 24.2 Å². The maximum Gasteiger partial charge on any atom is 0.184 e. The molecule has 0 saturated carbocycles. The lowest BCUT2D eigenvalue weighted by Crippen LogP contribution is -2.15. The van der Waals surface area contributed by atoms with E-state index in [1.165, 1.54) is 30.3 Å². The number of aromatic amines is 1. The summed E-state index contributed by atoms with van der Waals surface area (Å²) < 4.78 is 27.5. The minimum absolute atomic E-state index is 0.0939. The molecule has 1 aromatic heterocycles. The standard InChI is InChI=1S/C21H22F2N6/c1-29(2)10-9-20-26-21(28-27-20)15-11-16(19(25)12-17(15)23)18(24)8-5-13-3-6-14(22)7-4-13/h3-8,11-12,24H,9-10,25H2,1-2H3,(H,26,27,28)/b8-5+,24-18?. The van der Waals surface area contributed by atoms with E-state index in [1.54, 1.807) is 18.2 Å². The molecule has 0 spiro atoms. The zero-order chi connectivity index (χ0) is 21.0. The van der Waals surface area contributed by atoms with Crippen LogP contribution in [0.1, 0.15) is 17.0 Å². The Morgan fingerprint density at radius 3 is 2.62 bits per heavy atom. The smallest absolute Gasteiger partial charge is 0.184 e. The van der Waals surface area contributed by atoms with Crippen LogP contribution >= 0.6 is 0 Å². The number of nitrogen functional groups attached to an aromatic ring is 1. The van der Waals surface area contributed by atoms with Crippen LogP contribution in [-0.2, 0) is 6.42 Å². The van der Waals surface area contributed by atoms with E-state index in [0.29, 0.717) is 17.8 Å². The molecule has 0 saturated heterocycles. The van der Waals surface area contributed by atoms with Gasteiger partial charge >= 0.3 is 0 Å². The van der Waals surface area contributed by atoms with Crippen molar-refractivity contribution in [2.24, 2.45) is 0 Å². The molecule has 0 aliphatic carbocycles. The van der Waals surface area contributed by atoms with Gasteiger partial charge in [0.2, 0.25) is 0 Å². The van der Waals surface area contributed by atoms with Crippen LogP contribution in [0.15, 0.2) is 42.5 Å². The molecule has 1 heterocycles. The Hall–Kier alpha value is -3.39. The number of nitrogens with zero attached hydrogens (tertiary/aromatic N) is 3. The van der Waals surface area contributed by atoms with Crippen molar-refractivity contribution in [3.05, 3.63) is 71.1 Å². The normalized spacial score (nSPS) is 11.5. The van der Waals surface area contributed by atoms with Gasteiger partial charge in [0.05, 0.1) is 11.3 Å². The lowest BCUT2D eigenvalue weighted by atomic mass is 10.0. The van der Waals surface area contributed by atoms with Crippen molar-refractivity contribution in [2.45, 2.75) is 6.42 Å². The van der Waals surface area contributed by atoms with Gasteiger partial charge in [0.1, 0.15) is 17.5 Å². The van der Waals surface area contributed by atoms with Crippen molar-refractivity contribution in [1.82, 2.24) is 20.1 Å². The summed E-state index contributed by atoms with van der Waals surface area (Å²) in [6, 6.07) is 8.51. The van der Waals surface area contributed by atoms with E-state index in [9.17, 15) is 8.78 Å². The van der Waals surface area contributed by atoms with Gasteiger partial charge in [-0.15, -0.1) is 0 Å². The van der Waals surface area contributed by atoms with Crippen molar-refractivity contribution in [1.29, 1.82) is 5.41 Å². The molecule has 4 N–H and O–H groups in total. The number of rotatable bonds is 7. The summed E-state index contributed by atoms with van der Waals surface area (Å²) in [7, 11) is 3.91. The number of allylic oxidation sites excluding steroid dienone is 1. The van der Waals surface area contributed by atoms with E-state index in [2.05, 4.69) is 15.2 Å². The number of nitrogens with one attached hydrogen (secondary N) is 2. The van der Waals surface area contributed by atoms with Crippen molar-refractivity contribution in [2.75, 3.05) is 26.4 Å². The molecular formula is C21H22F2N6. The average Bonchev–Trinajstić information content (AvgIpc) is 3.14. The highest BCUT2D eigenvalue weighted by atomic mass is 19.1. The van der Waals surface area contributed by atoms with Crippen LogP contribution < -0.4 is 5.73 Å². The zero-order valence-corrected chi connectivity index (χ0v) is 16.2. The third kappa shape index (κ3) is 5.11. The van der Waals surface area contributed by atoms with Gasteiger partial charge < -0.3 is 16.0 Å². The van der Waals surface area contributed by atoms with Crippen molar-refractivity contribution < 1.29 is 8.78 Å². The van der Waals surface area contributed by atoms with Gasteiger partial charge in [0.25, 0.3) is 0 Å². The second-order valence-electron chi connectivity index (χ2n) is 6.88. The molecule has 0 amide bonds. The molecule has 0 aliphatic rings. The summed E-state index contributed by atoms with van der Waals surface area (Å²) in [4.78, 5) is 6.36. The predicted octanol–water partition coefficient (Wildman–Crippen LogP) is 3.52. The van der Waals surface area contributed by atoms with Gasteiger partial charge in [-0.1, -0.05) is 18.2 Å². The van der Waals surface area contributed by atoms with E-state index in [1.807, 2.05) is 19.0 Å². The molecule has 150 valence electrons. The first kappa shape index (κ1) is 20.3. The van der Waals surface area contributed by atoms with Crippen LogP contribution in [0, 0.1) is 17.0 Å². The van der Waals surface area contributed by atoms with Gasteiger partial charge in [-0.25, -0.2) is 13.8 Å². The van der Waals surface area contributed by atoms with Crippen LogP contribution in [0.2, 0.25) is 0 Å². The number of nitrogens with two attached hydrogens (primary N) is 1. The molecule has 0 radical (unpaired) electrons. The van der Waals surface area contributed by atoms with Crippen LogP contribution in [0.3, 0.4) is 0 Å². The lowest BCUT2D eigenvalue weighted by Gasteiger charge is -2.08. The highest BCUT2D eigenvalue weighted by Crippen LogP contribution is 2.26. The lowest BCUT2D eigenvalue weighted by molar-refractivity contribution is 0.410. The molecule has 0 fully saturated rings. The number of H-pyrrole nitrogens is 1. The Balaban J connectivity index is 1.85. The van der Waals surface area contributed by atoms with E-state index in [4.69, 9.17) is 11.1 Å². The number of halogens is 2. The summed E-state index contributed by atoms with van der Waals surface area (Å²) in [6.07, 6.45) is 3.84. The van der Waals surface area contributed by atoms with Crippen molar-refractivity contribution in [3.8, 4) is 11.4 Å². The summed E-state index contributed by atoms with van der Waals surface area (Å²) in [6.45, 7) is 0.781. The minimum atomic E-state index is -0.556. The topological polar surface area (TPSA) is 94.7 Å². The zero-order valence-electron chi connectivity index (χ0n) is 16.2. The average molecular weight is 396 g/mol. The molecule has 3 aromatic rings. The monoisotopic (exact) mass is 396 g/mol. The Morgan fingerprint density at radius 1 is 1.21 bits per heavy atom. The van der Waals surface area contributed by atoms with Crippen LogP contribution in [0.25, 0.3) is 17.5 Å². The predicted molar refractivity (Wildman–Crippen MR) is 111 cm³/mol.